The van der Waals surface area contributed by atoms with Crippen LogP contribution < -0.4 is 21.7 Å². The number of aryl methyl sites for hydroxylation is 1. The highest BCUT2D eigenvalue weighted by Crippen LogP contribution is 2.15. The molecule has 0 bridgehead atoms. The number of anilines is 1. The summed E-state index contributed by atoms with van der Waals surface area (Å²) in [6.07, 6.45) is -0.581. The molecule has 1 unspecified atom stereocenters. The van der Waals surface area contributed by atoms with Crippen molar-refractivity contribution in [2.45, 2.75) is 30.7 Å². The van der Waals surface area contributed by atoms with Crippen LogP contribution in [0, 0.1) is 12.3 Å². The van der Waals surface area contributed by atoms with Crippen molar-refractivity contribution in [2.24, 2.45) is 5.73 Å². The first-order valence-electron chi connectivity index (χ1n) is 10.3. The fourth-order valence-corrected chi connectivity index (χ4v) is 4.41. The third-order valence-corrected chi connectivity index (χ3v) is 6.48. The van der Waals surface area contributed by atoms with Gasteiger partial charge in [-0.2, -0.15) is 0 Å². The van der Waals surface area contributed by atoms with Gasteiger partial charge >= 0.3 is 5.97 Å². The normalized spacial score (nSPS) is 11.8. The zero-order valence-electron chi connectivity index (χ0n) is 18.5. The summed E-state index contributed by atoms with van der Waals surface area (Å²) in [7, 11) is -3.66. The van der Waals surface area contributed by atoms with Gasteiger partial charge in [0, 0.05) is 17.3 Å². The van der Waals surface area contributed by atoms with Crippen LogP contribution in [0.25, 0.3) is 0 Å². The number of carboxylic acids is 1. The molecule has 0 aromatic heterocycles. The number of amides is 2. The van der Waals surface area contributed by atoms with Crippen LogP contribution in [-0.2, 0) is 19.4 Å². The van der Waals surface area contributed by atoms with Crippen molar-refractivity contribution in [3.05, 3.63) is 59.7 Å². The molecular formula is C22H27N5O6S. The largest absolute Gasteiger partial charge is 0.481 e. The molecule has 0 aliphatic rings. The van der Waals surface area contributed by atoms with Gasteiger partial charge in [0.2, 0.25) is 5.91 Å². The quantitative estimate of drug-likeness (QED) is 0.198. The van der Waals surface area contributed by atoms with Crippen molar-refractivity contribution in [2.75, 3.05) is 17.6 Å². The van der Waals surface area contributed by atoms with Gasteiger partial charge in [0.15, 0.2) is 15.8 Å². The minimum absolute atomic E-state index is 0.110. The molecule has 0 radical (unpaired) electrons. The molecule has 0 fully saturated rings. The average molecular weight is 490 g/mol. The second-order valence-electron chi connectivity index (χ2n) is 7.59. The van der Waals surface area contributed by atoms with E-state index in [0.29, 0.717) is 5.69 Å². The van der Waals surface area contributed by atoms with Gasteiger partial charge in [-0.1, -0.05) is 23.8 Å². The zero-order valence-corrected chi connectivity index (χ0v) is 19.3. The standard InChI is InChI=1S/C22H27N5O6S/c1-14-5-7-18(8-6-14)34(32,33)10-9-17(12-20(29)30)26-19(28)13-25-21(31)15-3-2-4-16(11-15)27-22(23)24/h2-8,11,17H,9-10,12-13H2,1H3,(H,25,31)(H,26,28)(H,29,30)(H4,23,24,27). The number of aliphatic carboxylic acids is 1. The van der Waals surface area contributed by atoms with E-state index in [9.17, 15) is 22.8 Å². The minimum atomic E-state index is -3.66. The smallest absolute Gasteiger partial charge is 0.305 e. The van der Waals surface area contributed by atoms with Crippen molar-refractivity contribution < 1.29 is 27.9 Å². The maximum absolute atomic E-state index is 12.5. The second kappa shape index (κ2) is 11.8. The first-order chi connectivity index (χ1) is 16.0. The number of hydrogen-bond acceptors (Lipinski definition) is 6. The summed E-state index contributed by atoms with van der Waals surface area (Å²) in [6.45, 7) is 1.39. The van der Waals surface area contributed by atoms with E-state index in [-0.39, 0.29) is 28.6 Å². The Kier molecular flexibility index (Phi) is 9.13. The molecule has 11 nitrogen and oxygen atoms in total. The van der Waals surface area contributed by atoms with Crippen LogP contribution in [0.15, 0.2) is 53.4 Å². The van der Waals surface area contributed by atoms with Gasteiger partial charge in [-0.05, 0) is 43.7 Å². The maximum Gasteiger partial charge on any atom is 0.305 e. The highest BCUT2D eigenvalue weighted by Gasteiger charge is 2.21. The zero-order chi connectivity index (χ0) is 25.3. The second-order valence-corrected chi connectivity index (χ2v) is 9.69. The molecule has 2 aromatic carbocycles. The van der Waals surface area contributed by atoms with Gasteiger partial charge < -0.3 is 26.8 Å². The molecule has 0 spiro atoms. The summed E-state index contributed by atoms with van der Waals surface area (Å²) >= 11 is 0. The SMILES string of the molecule is Cc1ccc(S(=O)(=O)CCC(CC(=O)O)NC(=O)CNC(=O)c2cccc(NC(=N)N)c2)cc1. The summed E-state index contributed by atoms with van der Waals surface area (Å²) in [5.41, 5.74) is 6.79. The predicted molar refractivity (Wildman–Crippen MR) is 126 cm³/mol. The van der Waals surface area contributed by atoms with Crippen LogP contribution in [0.5, 0.6) is 0 Å². The lowest BCUT2D eigenvalue weighted by Crippen LogP contribution is -2.43. The Morgan fingerprint density at radius 3 is 2.41 bits per heavy atom. The Morgan fingerprint density at radius 2 is 1.79 bits per heavy atom. The van der Waals surface area contributed by atoms with Crippen molar-refractivity contribution in [1.82, 2.24) is 10.6 Å². The highest BCUT2D eigenvalue weighted by atomic mass is 32.2. The van der Waals surface area contributed by atoms with Crippen LogP contribution in [-0.4, -0.2) is 55.6 Å². The van der Waals surface area contributed by atoms with Crippen molar-refractivity contribution in [3.8, 4) is 0 Å². The third kappa shape index (κ3) is 8.54. The molecule has 182 valence electrons. The third-order valence-electron chi connectivity index (χ3n) is 4.71. The van der Waals surface area contributed by atoms with Crippen LogP contribution in [0.3, 0.4) is 0 Å². The van der Waals surface area contributed by atoms with E-state index in [1.807, 2.05) is 6.92 Å². The Balaban J connectivity index is 1.94. The summed E-state index contributed by atoms with van der Waals surface area (Å²) in [5, 5.41) is 23.8. The Bertz CT molecular complexity index is 1160. The van der Waals surface area contributed by atoms with E-state index in [1.54, 1.807) is 24.3 Å². The van der Waals surface area contributed by atoms with Crippen LogP contribution >= 0.6 is 0 Å². The predicted octanol–water partition coefficient (Wildman–Crippen LogP) is 0.854. The molecule has 12 heteroatoms. The van der Waals surface area contributed by atoms with Gasteiger partial charge in [-0.25, -0.2) is 8.42 Å². The molecule has 2 rings (SSSR count). The molecule has 2 aromatic rings. The first-order valence-corrected chi connectivity index (χ1v) is 11.9. The van der Waals surface area contributed by atoms with Gasteiger partial charge in [0.1, 0.15) is 0 Å². The number of hydrogen-bond donors (Lipinski definition) is 6. The summed E-state index contributed by atoms with van der Waals surface area (Å²) < 4.78 is 25.1. The molecule has 0 saturated carbocycles. The molecular weight excluding hydrogens is 462 g/mol. The van der Waals surface area contributed by atoms with Crippen molar-refractivity contribution >= 4 is 39.3 Å². The van der Waals surface area contributed by atoms with Crippen LogP contribution in [0.2, 0.25) is 0 Å². The fraction of sp³-hybridized carbons (Fsp3) is 0.273. The lowest BCUT2D eigenvalue weighted by atomic mass is 10.1. The number of nitrogens with two attached hydrogens (primary N) is 1. The monoisotopic (exact) mass is 489 g/mol. The highest BCUT2D eigenvalue weighted by molar-refractivity contribution is 7.91. The van der Waals surface area contributed by atoms with Gasteiger partial charge in [-0.3, -0.25) is 19.8 Å². The molecule has 0 aliphatic carbocycles. The molecule has 7 N–H and O–H groups in total. The van der Waals surface area contributed by atoms with Crippen LogP contribution in [0.1, 0.15) is 28.8 Å². The lowest BCUT2D eigenvalue weighted by molar-refractivity contribution is -0.137. The van der Waals surface area contributed by atoms with E-state index in [2.05, 4.69) is 16.0 Å². The molecule has 1 atom stereocenters. The number of guanidine groups is 1. The van der Waals surface area contributed by atoms with Gasteiger partial charge in [0.25, 0.3) is 5.91 Å². The number of sulfone groups is 1. The lowest BCUT2D eigenvalue weighted by Gasteiger charge is -2.17. The Labute approximate surface area is 197 Å². The fourth-order valence-electron chi connectivity index (χ4n) is 3.03. The maximum atomic E-state index is 12.5. The first kappa shape index (κ1) is 26.3. The molecule has 0 heterocycles. The van der Waals surface area contributed by atoms with E-state index >= 15 is 0 Å². The molecule has 34 heavy (non-hydrogen) atoms. The Morgan fingerprint density at radius 1 is 1.12 bits per heavy atom. The number of nitrogens with one attached hydrogen (secondary N) is 4. The summed E-state index contributed by atoms with van der Waals surface area (Å²) in [5.74, 6) is -3.08. The number of rotatable bonds is 11. The van der Waals surface area contributed by atoms with Crippen molar-refractivity contribution in [3.63, 3.8) is 0 Å². The average Bonchev–Trinajstić information content (AvgIpc) is 2.75. The minimum Gasteiger partial charge on any atom is -0.481 e. The van der Waals surface area contributed by atoms with Crippen LogP contribution in [0.4, 0.5) is 5.69 Å². The van der Waals surface area contributed by atoms with E-state index in [1.165, 1.54) is 24.3 Å². The topological polar surface area (TPSA) is 192 Å². The van der Waals surface area contributed by atoms with Crippen molar-refractivity contribution in [1.29, 1.82) is 5.41 Å². The van der Waals surface area contributed by atoms with E-state index in [4.69, 9.17) is 16.2 Å². The van der Waals surface area contributed by atoms with E-state index in [0.717, 1.165) is 5.56 Å². The Hall–Kier alpha value is -3.93. The van der Waals surface area contributed by atoms with Gasteiger partial charge in [0.05, 0.1) is 23.6 Å². The number of carbonyl (C=O) groups is 3. The molecule has 0 saturated heterocycles. The molecule has 2 amide bonds. The summed E-state index contributed by atoms with van der Waals surface area (Å²) in [6, 6.07) is 11.5. The van der Waals surface area contributed by atoms with E-state index < -0.39 is 46.6 Å². The number of carbonyl (C=O) groups excluding carboxylic acids is 2. The van der Waals surface area contributed by atoms with Gasteiger partial charge in [-0.15, -0.1) is 0 Å². The molecule has 0 aliphatic heterocycles. The number of benzene rings is 2. The number of carboxylic acid groups (broad SMARTS) is 1. The summed E-state index contributed by atoms with van der Waals surface area (Å²) in [4.78, 5) is 35.9.